The number of hydrogen-bond acceptors (Lipinski definition) is 0. The molecule has 3 atom stereocenters. The highest BCUT2D eigenvalue weighted by molar-refractivity contribution is 6.21. The van der Waals surface area contributed by atoms with Gasteiger partial charge in [0.15, 0.2) is 0 Å². The Kier molecular flexibility index (Phi) is 6.00. The van der Waals surface area contributed by atoms with Crippen LogP contribution in [-0.2, 0) is 12.8 Å². The average Bonchev–Trinajstić information content (AvgIpc) is 2.95. The van der Waals surface area contributed by atoms with Crippen LogP contribution in [0.3, 0.4) is 0 Å². The zero-order valence-corrected chi connectivity index (χ0v) is 15.7. The Bertz CT molecular complexity index is 646. The number of benzene rings is 2. The maximum Gasteiger partial charge on any atom is 0.0367 e. The van der Waals surface area contributed by atoms with Crippen molar-refractivity contribution in [3.8, 4) is 0 Å². The highest BCUT2D eigenvalue weighted by atomic mass is 35.5. The van der Waals surface area contributed by atoms with Gasteiger partial charge < -0.3 is 0 Å². The van der Waals surface area contributed by atoms with E-state index in [1.807, 2.05) is 0 Å². The summed E-state index contributed by atoms with van der Waals surface area (Å²) in [6, 6.07) is 17.6. The fourth-order valence-corrected chi connectivity index (χ4v) is 4.73. The van der Waals surface area contributed by atoms with Crippen molar-refractivity contribution in [3.05, 3.63) is 70.8 Å². The molecule has 3 rings (SSSR count). The SMILES string of the molecule is Cc1cccc(CC[C@H]2C(Cl)CC[C@@H]2CCc2ccccc2)c1C. The Labute approximate surface area is 152 Å². The third-order valence-corrected chi connectivity index (χ3v) is 6.54. The van der Waals surface area contributed by atoms with Gasteiger partial charge >= 0.3 is 0 Å². The van der Waals surface area contributed by atoms with Gasteiger partial charge in [0.2, 0.25) is 0 Å². The normalized spacial score (nSPS) is 23.5. The molecular formula is C23H29Cl. The predicted molar refractivity (Wildman–Crippen MR) is 105 cm³/mol. The summed E-state index contributed by atoms with van der Waals surface area (Å²) in [5, 5.41) is 0.371. The first kappa shape index (κ1) is 17.5. The van der Waals surface area contributed by atoms with Crippen LogP contribution in [0, 0.1) is 25.7 Å². The minimum Gasteiger partial charge on any atom is -0.123 e. The van der Waals surface area contributed by atoms with Gasteiger partial charge in [0, 0.05) is 5.38 Å². The van der Waals surface area contributed by atoms with Crippen LogP contribution < -0.4 is 0 Å². The van der Waals surface area contributed by atoms with Gasteiger partial charge in [0.25, 0.3) is 0 Å². The van der Waals surface area contributed by atoms with Gasteiger partial charge in [-0.1, -0.05) is 48.5 Å². The summed E-state index contributed by atoms with van der Waals surface area (Å²) in [7, 11) is 0. The average molecular weight is 341 g/mol. The van der Waals surface area contributed by atoms with Crippen molar-refractivity contribution >= 4 is 11.6 Å². The summed E-state index contributed by atoms with van der Waals surface area (Å²) in [6.45, 7) is 4.46. The maximum atomic E-state index is 6.69. The summed E-state index contributed by atoms with van der Waals surface area (Å²) in [5.41, 5.74) is 5.83. The van der Waals surface area contributed by atoms with Crippen molar-refractivity contribution in [3.63, 3.8) is 0 Å². The Balaban J connectivity index is 1.59. The van der Waals surface area contributed by atoms with Crippen LogP contribution in [0.4, 0.5) is 0 Å². The third kappa shape index (κ3) is 4.22. The second-order valence-electron chi connectivity index (χ2n) is 7.44. The van der Waals surface area contributed by atoms with Gasteiger partial charge in [-0.3, -0.25) is 0 Å². The van der Waals surface area contributed by atoms with Crippen LogP contribution in [0.25, 0.3) is 0 Å². The van der Waals surface area contributed by atoms with E-state index in [2.05, 4.69) is 62.4 Å². The van der Waals surface area contributed by atoms with E-state index in [0.29, 0.717) is 11.3 Å². The molecule has 0 amide bonds. The summed E-state index contributed by atoms with van der Waals surface area (Å²) in [6.07, 6.45) is 7.37. The number of rotatable bonds is 6. The van der Waals surface area contributed by atoms with Gasteiger partial charge in [0.1, 0.15) is 0 Å². The topological polar surface area (TPSA) is 0 Å². The van der Waals surface area contributed by atoms with Gasteiger partial charge in [0.05, 0.1) is 0 Å². The second-order valence-corrected chi connectivity index (χ2v) is 8.00. The Morgan fingerprint density at radius 1 is 0.875 bits per heavy atom. The van der Waals surface area contributed by atoms with E-state index in [4.69, 9.17) is 11.6 Å². The number of hydrogen-bond donors (Lipinski definition) is 0. The lowest BCUT2D eigenvalue weighted by Gasteiger charge is -2.22. The fourth-order valence-electron chi connectivity index (χ4n) is 4.27. The van der Waals surface area contributed by atoms with E-state index in [1.165, 1.54) is 60.8 Å². The first-order valence-electron chi connectivity index (χ1n) is 9.38. The number of halogens is 1. The molecule has 1 fully saturated rings. The Morgan fingerprint density at radius 2 is 1.67 bits per heavy atom. The molecule has 2 aromatic rings. The van der Waals surface area contributed by atoms with Crippen molar-refractivity contribution in [2.75, 3.05) is 0 Å². The van der Waals surface area contributed by atoms with Crippen LogP contribution in [0.5, 0.6) is 0 Å². The highest BCUT2D eigenvalue weighted by Crippen LogP contribution is 2.41. The quantitative estimate of drug-likeness (QED) is 0.526. The molecule has 128 valence electrons. The van der Waals surface area contributed by atoms with Crippen LogP contribution >= 0.6 is 11.6 Å². The number of alkyl halides is 1. The van der Waals surface area contributed by atoms with Crippen molar-refractivity contribution < 1.29 is 0 Å². The van der Waals surface area contributed by atoms with E-state index in [0.717, 1.165) is 5.92 Å². The van der Waals surface area contributed by atoms with E-state index < -0.39 is 0 Å². The van der Waals surface area contributed by atoms with Crippen LogP contribution in [0.1, 0.15) is 47.9 Å². The molecule has 1 unspecified atom stereocenters. The predicted octanol–water partition coefficient (Wildman–Crippen LogP) is 6.50. The zero-order valence-electron chi connectivity index (χ0n) is 15.0. The largest absolute Gasteiger partial charge is 0.123 e. The lowest BCUT2D eigenvalue weighted by atomic mass is 9.85. The van der Waals surface area contributed by atoms with Crippen molar-refractivity contribution in [1.82, 2.24) is 0 Å². The standard InChI is InChI=1S/C23H29Cl/c1-17-7-6-10-20(18(17)2)13-15-22-21(14-16-23(22)24)12-11-19-8-4-3-5-9-19/h3-10,21-23H,11-16H2,1-2H3/t21-,22+,23?/m0/s1. The van der Waals surface area contributed by atoms with Gasteiger partial charge in [-0.25, -0.2) is 0 Å². The summed E-state index contributed by atoms with van der Waals surface area (Å²) >= 11 is 6.69. The molecule has 0 spiro atoms. The van der Waals surface area contributed by atoms with Crippen molar-refractivity contribution in [2.45, 2.75) is 57.7 Å². The molecule has 1 saturated carbocycles. The summed E-state index contributed by atoms with van der Waals surface area (Å²) in [4.78, 5) is 0. The zero-order chi connectivity index (χ0) is 16.9. The van der Waals surface area contributed by atoms with E-state index in [1.54, 1.807) is 0 Å². The molecule has 2 aromatic carbocycles. The molecular weight excluding hydrogens is 312 g/mol. The van der Waals surface area contributed by atoms with Crippen molar-refractivity contribution in [1.29, 1.82) is 0 Å². The van der Waals surface area contributed by atoms with E-state index in [-0.39, 0.29) is 0 Å². The Morgan fingerprint density at radius 3 is 2.46 bits per heavy atom. The lowest BCUT2D eigenvalue weighted by Crippen LogP contribution is -2.17. The summed E-state index contributed by atoms with van der Waals surface area (Å²) < 4.78 is 0. The molecule has 0 nitrogen and oxygen atoms in total. The first-order valence-corrected chi connectivity index (χ1v) is 9.82. The molecule has 0 radical (unpaired) electrons. The highest BCUT2D eigenvalue weighted by Gasteiger charge is 2.34. The van der Waals surface area contributed by atoms with Crippen LogP contribution in [-0.4, -0.2) is 5.38 Å². The molecule has 0 saturated heterocycles. The molecule has 1 aliphatic carbocycles. The summed E-state index contributed by atoms with van der Waals surface area (Å²) in [5.74, 6) is 1.47. The molecule has 0 aromatic heterocycles. The molecule has 24 heavy (non-hydrogen) atoms. The van der Waals surface area contributed by atoms with Gasteiger partial charge in [-0.2, -0.15) is 0 Å². The maximum absolute atomic E-state index is 6.69. The second kappa shape index (κ2) is 8.21. The van der Waals surface area contributed by atoms with Crippen LogP contribution in [0.15, 0.2) is 48.5 Å². The minimum atomic E-state index is 0.371. The first-order chi connectivity index (χ1) is 11.6. The Hall–Kier alpha value is -1.27. The molecule has 0 aliphatic heterocycles. The molecule has 1 aliphatic rings. The van der Waals surface area contributed by atoms with E-state index in [9.17, 15) is 0 Å². The molecule has 1 heteroatoms. The number of aryl methyl sites for hydroxylation is 3. The lowest BCUT2D eigenvalue weighted by molar-refractivity contribution is 0.347. The van der Waals surface area contributed by atoms with Crippen LogP contribution in [0.2, 0.25) is 0 Å². The van der Waals surface area contributed by atoms with Gasteiger partial charge in [-0.15, -0.1) is 11.6 Å². The molecule has 0 heterocycles. The minimum absolute atomic E-state index is 0.371. The monoisotopic (exact) mass is 340 g/mol. The van der Waals surface area contributed by atoms with Gasteiger partial charge in [-0.05, 0) is 86.5 Å². The van der Waals surface area contributed by atoms with Crippen molar-refractivity contribution in [2.24, 2.45) is 11.8 Å². The molecule has 0 bridgehead atoms. The molecule has 0 N–H and O–H groups in total. The smallest absolute Gasteiger partial charge is 0.0367 e. The van der Waals surface area contributed by atoms with E-state index >= 15 is 0 Å². The third-order valence-electron chi connectivity index (χ3n) is 5.99. The fraction of sp³-hybridized carbons (Fsp3) is 0.478.